The van der Waals surface area contributed by atoms with Gasteiger partial charge in [-0.15, -0.1) is 0 Å². The Bertz CT molecular complexity index is 889. The molecule has 0 radical (unpaired) electrons. The Morgan fingerprint density at radius 3 is 2.72 bits per heavy atom. The van der Waals surface area contributed by atoms with Crippen LogP contribution in [-0.2, 0) is 4.74 Å². The van der Waals surface area contributed by atoms with E-state index in [1.165, 1.54) is 12.1 Å². The maximum Gasteiger partial charge on any atom is 0.251 e. The molecule has 1 atom stereocenters. The smallest absolute Gasteiger partial charge is 0.251 e. The van der Waals surface area contributed by atoms with Crippen LogP contribution < -0.4 is 14.8 Å². The number of hydrogen-bond donors (Lipinski definition) is 1. The van der Waals surface area contributed by atoms with Gasteiger partial charge in [0.1, 0.15) is 19.0 Å². The number of nitrogens with one attached hydrogen (secondary N) is 1. The van der Waals surface area contributed by atoms with Gasteiger partial charge in [0.15, 0.2) is 11.5 Å². The second-order valence-corrected chi connectivity index (χ2v) is 7.77. The molecule has 0 bridgehead atoms. The summed E-state index contributed by atoms with van der Waals surface area (Å²) in [6.07, 6.45) is 0. The molecule has 0 spiro atoms. The number of amides is 1. The number of nitrogens with zero attached hydrogens (tertiary/aromatic N) is 1. The largest absolute Gasteiger partial charge is 0.486 e. The molecule has 1 saturated heterocycles. The fourth-order valence-electron chi connectivity index (χ4n) is 3.59. The van der Waals surface area contributed by atoms with Crippen LogP contribution in [0.15, 0.2) is 40.9 Å². The van der Waals surface area contributed by atoms with Crippen molar-refractivity contribution in [2.75, 3.05) is 46.1 Å². The van der Waals surface area contributed by atoms with E-state index in [0.717, 1.165) is 18.7 Å². The molecular weight excluding hydrogens is 443 g/mol. The predicted molar refractivity (Wildman–Crippen MR) is 109 cm³/mol. The maximum absolute atomic E-state index is 13.8. The first-order chi connectivity index (χ1) is 14.1. The predicted octanol–water partition coefficient (Wildman–Crippen LogP) is 3.16. The zero-order valence-corrected chi connectivity index (χ0v) is 17.4. The fraction of sp³-hybridized carbons (Fsp3) is 0.381. The van der Waals surface area contributed by atoms with Crippen LogP contribution in [0.5, 0.6) is 11.5 Å². The molecule has 6 nitrogen and oxygen atoms in total. The van der Waals surface area contributed by atoms with Gasteiger partial charge in [-0.05, 0) is 45.8 Å². The summed E-state index contributed by atoms with van der Waals surface area (Å²) in [6, 6.07) is 9.78. The molecule has 2 aliphatic rings. The van der Waals surface area contributed by atoms with Gasteiger partial charge >= 0.3 is 0 Å². The molecule has 4 rings (SSSR count). The third-order valence-electron chi connectivity index (χ3n) is 5.03. The minimum Gasteiger partial charge on any atom is -0.486 e. The second-order valence-electron chi connectivity index (χ2n) is 6.91. The summed E-state index contributed by atoms with van der Waals surface area (Å²) in [6.45, 7) is 3.98. The quantitative estimate of drug-likeness (QED) is 0.736. The first-order valence-electron chi connectivity index (χ1n) is 9.56. The van der Waals surface area contributed by atoms with Gasteiger partial charge < -0.3 is 19.5 Å². The lowest BCUT2D eigenvalue weighted by Crippen LogP contribution is -2.43. The molecule has 8 heteroatoms. The van der Waals surface area contributed by atoms with Crippen LogP contribution in [-0.4, -0.2) is 56.9 Å². The number of hydrogen-bond acceptors (Lipinski definition) is 5. The zero-order valence-electron chi connectivity index (χ0n) is 15.8. The summed E-state index contributed by atoms with van der Waals surface area (Å²) in [5.74, 6) is 0.643. The van der Waals surface area contributed by atoms with Crippen molar-refractivity contribution in [3.63, 3.8) is 0 Å². The number of rotatable bonds is 5. The van der Waals surface area contributed by atoms with Crippen molar-refractivity contribution in [3.05, 3.63) is 57.8 Å². The van der Waals surface area contributed by atoms with Crippen molar-refractivity contribution in [2.24, 2.45) is 0 Å². The average molecular weight is 465 g/mol. The Morgan fingerprint density at radius 1 is 1.14 bits per heavy atom. The lowest BCUT2D eigenvalue weighted by Gasteiger charge is -2.35. The first-order valence-corrected chi connectivity index (χ1v) is 10.4. The minimum atomic E-state index is -0.289. The SMILES string of the molecule is O=C(NCC(c1cccc(F)c1)N1CCOCC1)c1cc(Br)c2c(c1)OCCO2. The van der Waals surface area contributed by atoms with Crippen LogP contribution in [0.4, 0.5) is 4.39 Å². The standard InChI is InChI=1S/C21H22BrFN2O4/c22-17-11-15(12-19-20(17)29-9-8-28-19)21(26)24-13-18(25-4-6-27-7-5-25)14-2-1-3-16(23)10-14/h1-3,10-12,18H,4-9,13H2,(H,24,26). The molecule has 0 aliphatic carbocycles. The van der Waals surface area contributed by atoms with Crippen LogP contribution in [0.3, 0.4) is 0 Å². The van der Waals surface area contributed by atoms with Crippen LogP contribution in [0.2, 0.25) is 0 Å². The molecule has 1 fully saturated rings. The van der Waals surface area contributed by atoms with Crippen molar-refractivity contribution in [2.45, 2.75) is 6.04 Å². The van der Waals surface area contributed by atoms with Gasteiger partial charge in [-0.2, -0.15) is 0 Å². The van der Waals surface area contributed by atoms with Crippen LogP contribution >= 0.6 is 15.9 Å². The molecule has 1 amide bonds. The van der Waals surface area contributed by atoms with E-state index >= 15 is 0 Å². The van der Waals surface area contributed by atoms with Gasteiger partial charge in [0, 0.05) is 25.2 Å². The Hall–Kier alpha value is -2.16. The van der Waals surface area contributed by atoms with E-state index in [-0.39, 0.29) is 17.8 Å². The number of morpholine rings is 1. The van der Waals surface area contributed by atoms with Crippen molar-refractivity contribution < 1.29 is 23.4 Å². The van der Waals surface area contributed by atoms with Crippen molar-refractivity contribution >= 4 is 21.8 Å². The lowest BCUT2D eigenvalue weighted by molar-refractivity contribution is 0.0162. The van der Waals surface area contributed by atoms with E-state index < -0.39 is 0 Å². The maximum atomic E-state index is 13.8. The fourth-order valence-corrected chi connectivity index (χ4v) is 4.15. The molecular formula is C21H22BrFN2O4. The Labute approximate surface area is 177 Å². The lowest BCUT2D eigenvalue weighted by atomic mass is 10.0. The van der Waals surface area contributed by atoms with E-state index in [9.17, 15) is 9.18 Å². The summed E-state index contributed by atoms with van der Waals surface area (Å²) < 4.78 is 31.1. The molecule has 29 heavy (non-hydrogen) atoms. The van der Waals surface area contributed by atoms with Crippen molar-refractivity contribution in [3.8, 4) is 11.5 Å². The Balaban J connectivity index is 1.51. The van der Waals surface area contributed by atoms with Crippen molar-refractivity contribution in [1.29, 1.82) is 0 Å². The molecule has 1 N–H and O–H groups in total. The highest BCUT2D eigenvalue weighted by Gasteiger charge is 2.25. The van der Waals surface area contributed by atoms with E-state index in [0.29, 0.717) is 54.5 Å². The third-order valence-corrected chi connectivity index (χ3v) is 5.62. The summed E-state index contributed by atoms with van der Waals surface area (Å²) in [5.41, 5.74) is 1.30. The summed E-state index contributed by atoms with van der Waals surface area (Å²) in [4.78, 5) is 15.0. The average Bonchev–Trinajstić information content (AvgIpc) is 2.74. The highest BCUT2D eigenvalue weighted by atomic mass is 79.9. The Morgan fingerprint density at radius 2 is 1.93 bits per heavy atom. The van der Waals surface area contributed by atoms with Crippen molar-refractivity contribution in [1.82, 2.24) is 10.2 Å². The second kappa shape index (κ2) is 9.11. The molecule has 2 aromatic carbocycles. The molecule has 154 valence electrons. The number of fused-ring (bicyclic) bond motifs is 1. The number of carbonyl (C=O) groups is 1. The molecule has 2 aromatic rings. The monoisotopic (exact) mass is 464 g/mol. The number of carbonyl (C=O) groups excluding carboxylic acids is 1. The molecule has 0 saturated carbocycles. The van der Waals surface area contributed by atoms with Crippen LogP contribution in [0.1, 0.15) is 22.0 Å². The number of halogens is 2. The molecule has 0 aromatic heterocycles. The zero-order chi connectivity index (χ0) is 20.2. The van der Waals surface area contributed by atoms with Crippen LogP contribution in [0.25, 0.3) is 0 Å². The van der Waals surface area contributed by atoms with E-state index in [1.54, 1.807) is 18.2 Å². The van der Waals surface area contributed by atoms with E-state index in [1.807, 2.05) is 6.07 Å². The summed E-state index contributed by atoms with van der Waals surface area (Å²) in [5, 5.41) is 2.99. The Kier molecular flexibility index (Phi) is 6.32. The van der Waals surface area contributed by atoms with Crippen LogP contribution in [0, 0.1) is 5.82 Å². The van der Waals surface area contributed by atoms with Gasteiger partial charge in [0.05, 0.1) is 23.7 Å². The van der Waals surface area contributed by atoms with Gasteiger partial charge in [-0.3, -0.25) is 9.69 Å². The van der Waals surface area contributed by atoms with E-state index in [4.69, 9.17) is 14.2 Å². The highest BCUT2D eigenvalue weighted by molar-refractivity contribution is 9.10. The number of benzene rings is 2. The van der Waals surface area contributed by atoms with E-state index in [2.05, 4.69) is 26.1 Å². The van der Waals surface area contributed by atoms with Gasteiger partial charge in [0.25, 0.3) is 5.91 Å². The van der Waals surface area contributed by atoms with Gasteiger partial charge in [-0.1, -0.05) is 12.1 Å². The van der Waals surface area contributed by atoms with Gasteiger partial charge in [0.2, 0.25) is 0 Å². The normalized spacial score (nSPS) is 17.6. The summed E-state index contributed by atoms with van der Waals surface area (Å²) in [7, 11) is 0. The molecule has 2 aliphatic heterocycles. The molecule has 2 heterocycles. The highest BCUT2D eigenvalue weighted by Crippen LogP contribution is 2.38. The topological polar surface area (TPSA) is 60.0 Å². The molecule has 1 unspecified atom stereocenters. The summed E-state index contributed by atoms with van der Waals surface area (Å²) >= 11 is 3.44. The third kappa shape index (κ3) is 4.71. The number of ether oxygens (including phenoxy) is 3. The minimum absolute atomic E-state index is 0.140. The first kappa shape index (κ1) is 20.1. The van der Waals surface area contributed by atoms with Gasteiger partial charge in [-0.25, -0.2) is 4.39 Å².